The Morgan fingerprint density at radius 2 is 1.80 bits per heavy atom. The number of rotatable bonds is 12. The summed E-state index contributed by atoms with van der Waals surface area (Å²) in [4.78, 5) is 65.2. The minimum Gasteiger partial charge on any atom is -0.480 e. The van der Waals surface area contributed by atoms with E-state index in [1.165, 1.54) is 12.0 Å². The van der Waals surface area contributed by atoms with E-state index in [9.17, 15) is 24.0 Å². The van der Waals surface area contributed by atoms with Crippen LogP contribution in [0.3, 0.4) is 0 Å². The first kappa shape index (κ1) is 30.7. The molecule has 3 rings (SSSR count). The quantitative estimate of drug-likeness (QED) is 0.179. The van der Waals surface area contributed by atoms with E-state index in [0.29, 0.717) is 18.5 Å². The van der Waals surface area contributed by atoms with Gasteiger partial charge in [0.2, 0.25) is 17.6 Å². The average molecular weight is 557 g/mol. The fraction of sp³-hybridized carbons (Fsp3) is 0.464. The number of benzene rings is 1. The molecule has 2 aliphatic rings. The number of hydrogen-bond acceptors (Lipinski definition) is 9. The molecular formula is C28H36N4O8. The van der Waals surface area contributed by atoms with Crippen LogP contribution in [-0.2, 0) is 35.1 Å². The smallest absolute Gasteiger partial charge is 0.323 e. The van der Waals surface area contributed by atoms with Crippen LogP contribution in [0.4, 0.5) is 0 Å². The van der Waals surface area contributed by atoms with Gasteiger partial charge in [-0.2, -0.15) is 0 Å². The predicted molar refractivity (Wildman–Crippen MR) is 144 cm³/mol. The van der Waals surface area contributed by atoms with Crippen LogP contribution in [0.15, 0.2) is 48.6 Å². The Balaban J connectivity index is 1.72. The van der Waals surface area contributed by atoms with Crippen LogP contribution < -0.4 is 11.5 Å². The topological polar surface area (TPSA) is 183 Å². The number of ether oxygens (including phenoxy) is 2. The van der Waals surface area contributed by atoms with Crippen molar-refractivity contribution >= 4 is 29.5 Å². The van der Waals surface area contributed by atoms with Crippen molar-refractivity contribution in [2.24, 2.45) is 17.4 Å². The van der Waals surface area contributed by atoms with Gasteiger partial charge < -0.3 is 35.8 Å². The molecule has 216 valence electrons. The Labute approximate surface area is 232 Å². The zero-order chi connectivity index (χ0) is 29.4. The maximum absolute atomic E-state index is 13.5. The number of hydrogen-bond donors (Lipinski definition) is 3. The minimum atomic E-state index is -1.33. The van der Waals surface area contributed by atoms with Gasteiger partial charge in [-0.3, -0.25) is 24.0 Å². The van der Waals surface area contributed by atoms with E-state index in [4.69, 9.17) is 21.3 Å². The molecular weight excluding hydrogens is 520 g/mol. The zero-order valence-corrected chi connectivity index (χ0v) is 22.7. The number of aliphatic carboxylic acids is 1. The van der Waals surface area contributed by atoms with Gasteiger partial charge in [-0.15, -0.1) is 0 Å². The van der Waals surface area contributed by atoms with E-state index in [0.717, 1.165) is 17.6 Å². The monoisotopic (exact) mass is 556 g/mol. The molecule has 1 saturated heterocycles. The van der Waals surface area contributed by atoms with E-state index in [2.05, 4.69) is 4.74 Å². The molecule has 2 atom stereocenters. The molecule has 0 bridgehead atoms. The van der Waals surface area contributed by atoms with Crippen LogP contribution in [-0.4, -0.2) is 103 Å². The number of carbonyl (C=O) groups excluding carboxylic acids is 4. The van der Waals surface area contributed by atoms with Crippen molar-refractivity contribution in [3.8, 4) is 0 Å². The highest BCUT2D eigenvalue weighted by molar-refractivity contribution is 6.06. The summed E-state index contributed by atoms with van der Waals surface area (Å²) in [5, 5.41) is 9.10. The van der Waals surface area contributed by atoms with Crippen molar-refractivity contribution < 1.29 is 38.6 Å². The molecule has 0 saturated carbocycles. The predicted octanol–water partition coefficient (Wildman–Crippen LogP) is -0.0976. The summed E-state index contributed by atoms with van der Waals surface area (Å²) >= 11 is 0. The van der Waals surface area contributed by atoms with Gasteiger partial charge in [-0.1, -0.05) is 36.4 Å². The summed E-state index contributed by atoms with van der Waals surface area (Å²) in [5.41, 5.74) is 12.0. The molecule has 0 spiro atoms. The van der Waals surface area contributed by atoms with E-state index in [1.807, 2.05) is 12.1 Å². The van der Waals surface area contributed by atoms with Gasteiger partial charge in [-0.25, -0.2) is 0 Å². The number of allylic oxidation sites excluding steroid dienone is 2. The molecule has 1 aromatic carbocycles. The number of nitrogens with zero attached hydrogens (tertiary/aromatic N) is 2. The Kier molecular flexibility index (Phi) is 10.3. The van der Waals surface area contributed by atoms with Crippen molar-refractivity contribution in [3.63, 3.8) is 0 Å². The molecule has 1 aromatic rings. The lowest BCUT2D eigenvalue weighted by molar-refractivity contribution is -0.159. The van der Waals surface area contributed by atoms with Gasteiger partial charge in [0.25, 0.3) is 0 Å². The Morgan fingerprint density at radius 1 is 1.12 bits per heavy atom. The van der Waals surface area contributed by atoms with Gasteiger partial charge in [0, 0.05) is 25.8 Å². The molecule has 0 radical (unpaired) electrons. The normalized spacial score (nSPS) is 23.1. The maximum atomic E-state index is 13.5. The minimum absolute atomic E-state index is 0.00536. The van der Waals surface area contributed by atoms with Gasteiger partial charge in [0.05, 0.1) is 19.6 Å². The lowest BCUT2D eigenvalue weighted by atomic mass is 9.82. The molecule has 1 heterocycles. The highest BCUT2D eigenvalue weighted by Crippen LogP contribution is 2.30. The number of ketones is 1. The standard InChI is InChI=1S/C28H36N4O8/c1-39-24(35)16-22-27(38)31(17-23(33)34)13-14-32(22)26(37)21(30)15-18-7-10-28(40-2,11-8-18)25(36)20-6-4-3-5-19(20)9-12-29/h3-8,10-11,18,21-22H,9,12-17,29-30H2,1-2H3,(H,33,34)/t18?,21-,22-,28?/m0/s1. The van der Waals surface area contributed by atoms with Gasteiger partial charge in [0.15, 0.2) is 5.60 Å². The molecule has 2 amide bonds. The Bertz CT molecular complexity index is 1180. The number of carboxylic acids is 1. The third-order valence-electron chi connectivity index (χ3n) is 7.17. The second kappa shape index (κ2) is 13.5. The summed E-state index contributed by atoms with van der Waals surface area (Å²) in [6.07, 6.45) is 7.08. The fourth-order valence-electron chi connectivity index (χ4n) is 4.98. The lowest BCUT2D eigenvalue weighted by Crippen LogP contribution is -2.62. The third kappa shape index (κ3) is 6.82. The Morgan fingerprint density at radius 3 is 2.40 bits per heavy atom. The van der Waals surface area contributed by atoms with Crippen molar-refractivity contribution in [2.75, 3.05) is 40.4 Å². The second-order valence-corrected chi connectivity index (χ2v) is 9.73. The summed E-state index contributed by atoms with van der Waals surface area (Å²) < 4.78 is 10.3. The number of piperazine rings is 1. The summed E-state index contributed by atoms with van der Waals surface area (Å²) in [6.45, 7) is -0.134. The molecule has 1 aliphatic heterocycles. The molecule has 5 N–H and O–H groups in total. The van der Waals surface area contributed by atoms with Crippen LogP contribution >= 0.6 is 0 Å². The van der Waals surface area contributed by atoms with Crippen LogP contribution in [0.25, 0.3) is 0 Å². The SMILES string of the molecule is COC(=O)C[C@H]1C(=O)N(CC(=O)O)CCN1C(=O)[C@@H](N)CC1C=CC(OC)(C(=O)c2ccccc2CCN)C=C1. The molecule has 40 heavy (non-hydrogen) atoms. The van der Waals surface area contributed by atoms with E-state index >= 15 is 0 Å². The number of carbonyl (C=O) groups is 5. The van der Waals surface area contributed by atoms with Crippen LogP contribution in [0.5, 0.6) is 0 Å². The first-order valence-electron chi connectivity index (χ1n) is 13.0. The van der Waals surface area contributed by atoms with Crippen molar-refractivity contribution in [1.29, 1.82) is 0 Å². The van der Waals surface area contributed by atoms with Crippen molar-refractivity contribution in [1.82, 2.24) is 9.80 Å². The number of esters is 1. The number of Topliss-reactive ketones (excluding diaryl/α,β-unsaturated/α-hetero) is 1. The first-order chi connectivity index (χ1) is 19.1. The zero-order valence-electron chi connectivity index (χ0n) is 22.7. The number of methoxy groups -OCH3 is 2. The average Bonchev–Trinajstić information content (AvgIpc) is 2.95. The van der Waals surface area contributed by atoms with Gasteiger partial charge >= 0.3 is 11.9 Å². The van der Waals surface area contributed by atoms with E-state index < -0.39 is 54.4 Å². The number of nitrogens with two attached hydrogens (primary N) is 2. The van der Waals surface area contributed by atoms with Crippen molar-refractivity contribution in [2.45, 2.75) is 36.9 Å². The highest BCUT2D eigenvalue weighted by atomic mass is 16.5. The fourth-order valence-corrected chi connectivity index (χ4v) is 4.98. The van der Waals surface area contributed by atoms with Gasteiger partial charge in [-0.05, 0) is 43.0 Å². The molecule has 12 heteroatoms. The lowest BCUT2D eigenvalue weighted by Gasteiger charge is -2.40. The summed E-state index contributed by atoms with van der Waals surface area (Å²) in [5.74, 6) is -3.67. The van der Waals surface area contributed by atoms with Crippen LogP contribution in [0.2, 0.25) is 0 Å². The second-order valence-electron chi connectivity index (χ2n) is 9.73. The van der Waals surface area contributed by atoms with Gasteiger partial charge in [0.1, 0.15) is 12.6 Å². The van der Waals surface area contributed by atoms with Crippen LogP contribution in [0, 0.1) is 5.92 Å². The third-order valence-corrected chi connectivity index (χ3v) is 7.17. The molecule has 1 aliphatic carbocycles. The molecule has 1 fully saturated rings. The van der Waals surface area contributed by atoms with E-state index in [1.54, 1.807) is 36.4 Å². The summed E-state index contributed by atoms with van der Waals surface area (Å²) in [6, 6.07) is 4.96. The largest absolute Gasteiger partial charge is 0.480 e. The number of carboxylic acid groups (broad SMARTS) is 1. The Hall–Kier alpha value is -3.87. The highest BCUT2D eigenvalue weighted by Gasteiger charge is 2.42. The molecule has 0 aromatic heterocycles. The van der Waals surface area contributed by atoms with Crippen molar-refractivity contribution in [3.05, 3.63) is 59.7 Å². The van der Waals surface area contributed by atoms with E-state index in [-0.39, 0.29) is 31.2 Å². The first-order valence-corrected chi connectivity index (χ1v) is 13.0. The van der Waals surface area contributed by atoms with Crippen LogP contribution in [0.1, 0.15) is 28.8 Å². The summed E-state index contributed by atoms with van der Waals surface area (Å²) in [7, 11) is 2.60. The number of amides is 2. The maximum Gasteiger partial charge on any atom is 0.323 e. The molecule has 0 unspecified atom stereocenters. The molecule has 12 nitrogen and oxygen atoms in total.